The molecule has 1 aliphatic heterocycles. The predicted molar refractivity (Wildman–Crippen MR) is 132 cm³/mol. The maximum Gasteiger partial charge on any atom is 0.211 e. The number of thiazole rings is 1. The Morgan fingerprint density at radius 1 is 1.26 bits per heavy atom. The molecule has 0 spiro atoms. The number of aromatic nitrogens is 4. The van der Waals surface area contributed by atoms with Crippen molar-refractivity contribution in [2.75, 3.05) is 19.3 Å². The summed E-state index contributed by atoms with van der Waals surface area (Å²) in [6.07, 6.45) is 5.46. The molecule has 12 heteroatoms. The summed E-state index contributed by atoms with van der Waals surface area (Å²) < 4.78 is 53.3. The summed E-state index contributed by atoms with van der Waals surface area (Å²) >= 11 is 1.27. The second-order valence-electron chi connectivity index (χ2n) is 8.77. The Bertz CT molecular complexity index is 1370. The Labute approximate surface area is 206 Å². The second-order valence-corrected chi connectivity index (χ2v) is 11.8. The van der Waals surface area contributed by atoms with Crippen LogP contribution >= 0.6 is 11.3 Å². The van der Waals surface area contributed by atoms with E-state index in [0.29, 0.717) is 41.6 Å². The Balaban J connectivity index is 1.66. The van der Waals surface area contributed by atoms with E-state index in [2.05, 4.69) is 20.2 Å². The monoisotopic (exact) mass is 520 g/mol. The van der Waals surface area contributed by atoms with Gasteiger partial charge in [-0.05, 0) is 37.1 Å². The van der Waals surface area contributed by atoms with Gasteiger partial charge in [0, 0.05) is 36.6 Å². The van der Waals surface area contributed by atoms with E-state index in [1.54, 1.807) is 6.08 Å². The van der Waals surface area contributed by atoms with E-state index in [1.165, 1.54) is 34.0 Å². The smallest absolute Gasteiger partial charge is 0.211 e. The van der Waals surface area contributed by atoms with Crippen LogP contribution in [0.25, 0.3) is 17.3 Å². The summed E-state index contributed by atoms with van der Waals surface area (Å²) in [5.74, 6) is -0.154. The van der Waals surface area contributed by atoms with Crippen molar-refractivity contribution in [2.24, 2.45) is 0 Å². The molecule has 0 atom stereocenters. The molecule has 0 saturated carbocycles. The molecule has 186 valence electrons. The number of rotatable bonds is 7. The van der Waals surface area contributed by atoms with Gasteiger partial charge in [0.05, 0.1) is 27.5 Å². The van der Waals surface area contributed by atoms with E-state index >= 15 is 0 Å². The normalized spacial score (nSPS) is 15.9. The Hall–Kier alpha value is -2.83. The lowest BCUT2D eigenvalue weighted by Gasteiger charge is -2.29. The minimum Gasteiger partial charge on any atom is -0.299 e. The highest BCUT2D eigenvalue weighted by atomic mass is 32.2. The number of hydrogen-bond donors (Lipinski definition) is 2. The van der Waals surface area contributed by atoms with Crippen LogP contribution < -0.4 is 0 Å². The molecule has 2 N–H and O–H groups in total. The van der Waals surface area contributed by atoms with Crippen LogP contribution in [-0.2, 0) is 10.0 Å². The molecule has 1 saturated heterocycles. The van der Waals surface area contributed by atoms with Crippen LogP contribution in [0.1, 0.15) is 60.1 Å². The van der Waals surface area contributed by atoms with Crippen molar-refractivity contribution < 1.29 is 17.2 Å². The van der Waals surface area contributed by atoms with Crippen LogP contribution in [0.3, 0.4) is 0 Å². The number of halogens is 2. The molecule has 0 aliphatic carbocycles. The van der Waals surface area contributed by atoms with Crippen molar-refractivity contribution in [3.05, 3.63) is 57.4 Å². The van der Waals surface area contributed by atoms with Gasteiger partial charge in [-0.3, -0.25) is 10.5 Å². The van der Waals surface area contributed by atoms with Gasteiger partial charge in [0.1, 0.15) is 17.5 Å². The number of piperidine rings is 1. The first kappa shape index (κ1) is 25.3. The zero-order valence-corrected chi connectivity index (χ0v) is 21.2. The molecule has 3 heterocycles. The van der Waals surface area contributed by atoms with Crippen LogP contribution in [-0.4, -0.2) is 57.9 Å². The maximum absolute atomic E-state index is 14.7. The van der Waals surface area contributed by atoms with E-state index in [0.717, 1.165) is 18.0 Å². The number of hydrogen-bond acceptors (Lipinski definition) is 7. The molecule has 0 radical (unpaired) electrons. The molecule has 1 aromatic carbocycles. The van der Waals surface area contributed by atoms with Gasteiger partial charge >= 0.3 is 0 Å². The van der Waals surface area contributed by atoms with Crippen LogP contribution in [0, 0.1) is 17.0 Å². The molecule has 8 nitrogen and oxygen atoms in total. The highest BCUT2D eigenvalue weighted by molar-refractivity contribution is 7.88. The maximum atomic E-state index is 14.7. The van der Waals surface area contributed by atoms with Crippen LogP contribution in [0.5, 0.6) is 0 Å². The highest BCUT2D eigenvalue weighted by Gasteiger charge is 2.29. The number of nitrogens with one attached hydrogen (secondary N) is 2. The van der Waals surface area contributed by atoms with Gasteiger partial charge < -0.3 is 0 Å². The molecular weight excluding hydrogens is 494 g/mol. The van der Waals surface area contributed by atoms with Crippen molar-refractivity contribution in [3.63, 3.8) is 0 Å². The Morgan fingerprint density at radius 3 is 2.57 bits per heavy atom. The predicted octanol–water partition coefficient (Wildman–Crippen LogP) is 4.55. The molecule has 0 amide bonds. The molecule has 1 fully saturated rings. The largest absolute Gasteiger partial charge is 0.299 e. The fourth-order valence-corrected chi connectivity index (χ4v) is 5.90. The van der Waals surface area contributed by atoms with Gasteiger partial charge in [-0.25, -0.2) is 31.5 Å². The quantitative estimate of drug-likeness (QED) is 0.444. The molecule has 2 aromatic heterocycles. The summed E-state index contributed by atoms with van der Waals surface area (Å²) in [5, 5.41) is 16.3. The zero-order chi connectivity index (χ0) is 25.3. The number of allylic oxidation sites excluding steroid dienone is 1. The third kappa shape index (κ3) is 5.71. The SMILES string of the molecule is CC(C)c1nc(/C=C\C(=N)c2sc(C3CCN(S(C)(=O)=O)CC3)nc2-c2ccc(F)cc2F)n[nH]1. The topological polar surface area (TPSA) is 116 Å². The molecule has 4 rings (SSSR count). The van der Waals surface area contributed by atoms with Gasteiger partial charge in [0.15, 0.2) is 5.82 Å². The minimum absolute atomic E-state index is 0.0209. The van der Waals surface area contributed by atoms with E-state index in [1.807, 2.05) is 13.8 Å². The second kappa shape index (κ2) is 10.0. The summed E-state index contributed by atoms with van der Waals surface area (Å²) in [7, 11) is -3.26. The lowest BCUT2D eigenvalue weighted by atomic mass is 9.99. The van der Waals surface area contributed by atoms with Crippen molar-refractivity contribution in [1.82, 2.24) is 24.5 Å². The van der Waals surface area contributed by atoms with Crippen LogP contribution in [0.4, 0.5) is 8.78 Å². The third-order valence-electron chi connectivity index (χ3n) is 5.81. The first-order valence-corrected chi connectivity index (χ1v) is 13.8. The van der Waals surface area contributed by atoms with Crippen LogP contribution in [0.2, 0.25) is 0 Å². The van der Waals surface area contributed by atoms with E-state index in [4.69, 9.17) is 5.41 Å². The number of aromatic amines is 1. The Morgan fingerprint density at radius 2 is 1.97 bits per heavy atom. The van der Waals surface area contributed by atoms with Crippen molar-refractivity contribution in [1.29, 1.82) is 5.41 Å². The first-order valence-electron chi connectivity index (χ1n) is 11.1. The Kier molecular flexibility index (Phi) is 7.25. The van der Waals surface area contributed by atoms with E-state index < -0.39 is 21.7 Å². The first-order chi connectivity index (χ1) is 16.5. The number of sulfonamides is 1. The minimum atomic E-state index is -3.26. The molecule has 1 aliphatic rings. The van der Waals surface area contributed by atoms with Gasteiger partial charge in [0.25, 0.3) is 0 Å². The number of H-pyrrole nitrogens is 1. The molecule has 0 unspecified atom stereocenters. The summed E-state index contributed by atoms with van der Waals surface area (Å²) in [5.41, 5.74) is 0.466. The molecule has 3 aromatic rings. The summed E-state index contributed by atoms with van der Waals surface area (Å²) in [6, 6.07) is 3.27. The fourth-order valence-electron chi connectivity index (χ4n) is 3.85. The molecular formula is C23H26F2N6O2S2. The third-order valence-corrected chi connectivity index (χ3v) is 8.37. The lowest BCUT2D eigenvalue weighted by Crippen LogP contribution is -2.37. The van der Waals surface area contributed by atoms with Crippen LogP contribution in [0.15, 0.2) is 24.3 Å². The number of nitrogens with zero attached hydrogens (tertiary/aromatic N) is 4. The van der Waals surface area contributed by atoms with Crippen molar-refractivity contribution in [2.45, 2.75) is 38.5 Å². The molecule has 0 bridgehead atoms. The fraction of sp³-hybridized carbons (Fsp3) is 0.391. The number of benzene rings is 1. The standard InChI is InChI=1S/C23H26F2N6O2S2/c1-13(2)22-27-19(29-30-22)7-6-18(26)21-20(16-5-4-15(24)12-17(16)25)28-23(34-21)14-8-10-31(11-9-14)35(3,32)33/h4-7,12-14,26H,8-11H2,1-3H3,(H,27,29,30)/b7-6-,26-18?. The molecule has 35 heavy (non-hydrogen) atoms. The van der Waals surface area contributed by atoms with Crippen molar-refractivity contribution in [3.8, 4) is 11.3 Å². The summed E-state index contributed by atoms with van der Waals surface area (Å²) in [4.78, 5) is 9.47. The van der Waals surface area contributed by atoms with Gasteiger partial charge in [-0.2, -0.15) is 5.10 Å². The van der Waals surface area contributed by atoms with Crippen molar-refractivity contribution >= 4 is 33.1 Å². The average Bonchev–Trinajstić information content (AvgIpc) is 3.45. The van der Waals surface area contributed by atoms with Gasteiger partial charge in [-0.1, -0.05) is 13.8 Å². The summed E-state index contributed by atoms with van der Waals surface area (Å²) in [6.45, 7) is 4.72. The highest BCUT2D eigenvalue weighted by Crippen LogP contribution is 2.38. The zero-order valence-electron chi connectivity index (χ0n) is 19.5. The van der Waals surface area contributed by atoms with E-state index in [9.17, 15) is 17.2 Å². The average molecular weight is 521 g/mol. The lowest BCUT2D eigenvalue weighted by molar-refractivity contribution is 0.321. The van der Waals surface area contributed by atoms with Gasteiger partial charge in [0.2, 0.25) is 10.0 Å². The van der Waals surface area contributed by atoms with Gasteiger partial charge in [-0.15, -0.1) is 11.3 Å². The van der Waals surface area contributed by atoms with E-state index in [-0.39, 0.29) is 28.8 Å².